The Labute approximate surface area is 154 Å². The maximum atomic E-state index is 11.1. The van der Waals surface area contributed by atoms with E-state index in [4.69, 9.17) is 18.9 Å². The zero-order valence-electron chi connectivity index (χ0n) is 16.0. The number of hydrogen-bond acceptors (Lipinski definition) is 6. The van der Waals surface area contributed by atoms with Crippen LogP contribution in [0.2, 0.25) is 0 Å². The molecule has 0 amide bonds. The molecule has 0 radical (unpaired) electrons. The van der Waals surface area contributed by atoms with Crippen molar-refractivity contribution in [1.29, 1.82) is 0 Å². The summed E-state index contributed by atoms with van der Waals surface area (Å²) in [5, 5.41) is 21.7. The quantitative estimate of drug-likeness (QED) is 0.800. The SMILES string of the molecule is COc1cc(OC)c([C@@H]2C[C@](C)(O)[C@@H]3CC=C(C)C(O)[C@@H]3O2)cc1OC. The number of hydrogen-bond donors (Lipinski definition) is 2. The van der Waals surface area contributed by atoms with E-state index in [1.165, 1.54) is 0 Å². The second-order valence-corrected chi connectivity index (χ2v) is 7.33. The molecule has 1 unspecified atom stereocenters. The third-order valence-corrected chi connectivity index (χ3v) is 5.67. The number of fused-ring (bicyclic) bond motifs is 1. The number of methoxy groups -OCH3 is 3. The van der Waals surface area contributed by atoms with Gasteiger partial charge < -0.3 is 29.2 Å². The minimum absolute atomic E-state index is 0.149. The van der Waals surface area contributed by atoms with Crippen LogP contribution in [0.1, 0.15) is 38.4 Å². The molecular weight excluding hydrogens is 336 g/mol. The molecule has 2 aliphatic rings. The van der Waals surface area contributed by atoms with Crippen LogP contribution in [0.5, 0.6) is 17.2 Å². The molecule has 144 valence electrons. The second kappa shape index (κ2) is 7.10. The van der Waals surface area contributed by atoms with Crippen molar-refractivity contribution in [3.8, 4) is 17.2 Å². The Morgan fingerprint density at radius 3 is 2.31 bits per heavy atom. The molecule has 0 bridgehead atoms. The Hall–Kier alpha value is -1.76. The second-order valence-electron chi connectivity index (χ2n) is 7.33. The van der Waals surface area contributed by atoms with Crippen LogP contribution in [0, 0.1) is 5.92 Å². The molecule has 6 heteroatoms. The number of allylic oxidation sites excluding steroid dienone is 1. The molecule has 3 rings (SSSR count). The topological polar surface area (TPSA) is 77.4 Å². The van der Waals surface area contributed by atoms with Crippen LogP contribution in [-0.2, 0) is 4.74 Å². The molecule has 1 saturated heterocycles. The van der Waals surface area contributed by atoms with Crippen molar-refractivity contribution in [2.45, 2.75) is 50.6 Å². The molecule has 1 aliphatic carbocycles. The molecule has 0 spiro atoms. The summed E-state index contributed by atoms with van der Waals surface area (Å²) in [7, 11) is 4.72. The fourth-order valence-electron chi connectivity index (χ4n) is 4.08. The molecule has 0 aromatic heterocycles. The van der Waals surface area contributed by atoms with Crippen molar-refractivity contribution in [2.75, 3.05) is 21.3 Å². The van der Waals surface area contributed by atoms with E-state index < -0.39 is 23.9 Å². The van der Waals surface area contributed by atoms with Crippen LogP contribution >= 0.6 is 0 Å². The third kappa shape index (κ3) is 3.17. The molecule has 1 aromatic rings. The molecule has 1 aromatic carbocycles. The van der Waals surface area contributed by atoms with Crippen LogP contribution in [0.15, 0.2) is 23.8 Å². The van der Waals surface area contributed by atoms with Gasteiger partial charge in [-0.15, -0.1) is 0 Å². The molecule has 6 nitrogen and oxygen atoms in total. The average molecular weight is 364 g/mol. The van der Waals surface area contributed by atoms with Gasteiger partial charge in [0.15, 0.2) is 11.5 Å². The Morgan fingerprint density at radius 1 is 1.08 bits per heavy atom. The summed E-state index contributed by atoms with van der Waals surface area (Å²) in [5.41, 5.74) is 0.675. The first-order chi connectivity index (χ1) is 12.3. The Morgan fingerprint density at radius 2 is 1.69 bits per heavy atom. The van der Waals surface area contributed by atoms with Gasteiger partial charge in [-0.1, -0.05) is 6.08 Å². The number of aliphatic hydroxyl groups is 2. The lowest BCUT2D eigenvalue weighted by Crippen LogP contribution is -2.55. The van der Waals surface area contributed by atoms with Crippen LogP contribution in [0.3, 0.4) is 0 Å². The van der Waals surface area contributed by atoms with Gasteiger partial charge in [-0.25, -0.2) is 0 Å². The highest BCUT2D eigenvalue weighted by Gasteiger charge is 2.50. The van der Waals surface area contributed by atoms with Gasteiger partial charge in [0.05, 0.1) is 39.1 Å². The molecule has 5 atom stereocenters. The minimum atomic E-state index is -0.968. The van der Waals surface area contributed by atoms with Crippen molar-refractivity contribution in [3.63, 3.8) is 0 Å². The van der Waals surface area contributed by atoms with Gasteiger partial charge in [-0.2, -0.15) is 0 Å². The van der Waals surface area contributed by atoms with E-state index in [2.05, 4.69) is 0 Å². The van der Waals surface area contributed by atoms with Crippen LogP contribution in [0.4, 0.5) is 0 Å². The van der Waals surface area contributed by atoms with Gasteiger partial charge in [-0.05, 0) is 31.9 Å². The van der Waals surface area contributed by atoms with Crippen molar-refractivity contribution in [2.24, 2.45) is 5.92 Å². The molecule has 0 saturated carbocycles. The monoisotopic (exact) mass is 364 g/mol. The summed E-state index contributed by atoms with van der Waals surface area (Å²) in [6.07, 6.45) is 1.46. The summed E-state index contributed by atoms with van der Waals surface area (Å²) < 4.78 is 22.5. The fraction of sp³-hybridized carbons (Fsp3) is 0.600. The molecule has 1 aliphatic heterocycles. The van der Waals surface area contributed by atoms with Gasteiger partial charge in [0, 0.05) is 24.0 Å². The number of ether oxygens (including phenoxy) is 4. The van der Waals surface area contributed by atoms with Gasteiger partial charge >= 0.3 is 0 Å². The predicted molar refractivity (Wildman–Crippen MR) is 96.8 cm³/mol. The lowest BCUT2D eigenvalue weighted by atomic mass is 9.70. The minimum Gasteiger partial charge on any atom is -0.496 e. The van der Waals surface area contributed by atoms with Crippen molar-refractivity contribution >= 4 is 0 Å². The number of rotatable bonds is 4. The van der Waals surface area contributed by atoms with Crippen molar-refractivity contribution in [3.05, 3.63) is 29.3 Å². The summed E-state index contributed by atoms with van der Waals surface area (Å²) in [6.45, 7) is 3.70. The molecule has 1 fully saturated rings. The smallest absolute Gasteiger partial charge is 0.164 e. The van der Waals surface area contributed by atoms with Gasteiger partial charge in [0.1, 0.15) is 11.9 Å². The lowest BCUT2D eigenvalue weighted by Gasteiger charge is -2.49. The first-order valence-corrected chi connectivity index (χ1v) is 8.84. The number of aliphatic hydroxyl groups excluding tert-OH is 1. The highest BCUT2D eigenvalue weighted by atomic mass is 16.5. The van der Waals surface area contributed by atoms with E-state index in [0.717, 1.165) is 11.1 Å². The molecular formula is C20H28O6. The average Bonchev–Trinajstić information content (AvgIpc) is 2.62. The highest BCUT2D eigenvalue weighted by molar-refractivity contribution is 5.51. The third-order valence-electron chi connectivity index (χ3n) is 5.67. The number of benzene rings is 1. The zero-order chi connectivity index (χ0) is 19.1. The molecule has 1 heterocycles. The Kier molecular flexibility index (Phi) is 5.19. The predicted octanol–water partition coefficient (Wildman–Crippen LogP) is 2.62. The molecule has 2 N–H and O–H groups in total. The van der Waals surface area contributed by atoms with E-state index in [1.807, 2.05) is 26.0 Å². The Bertz CT molecular complexity index is 696. The largest absolute Gasteiger partial charge is 0.496 e. The van der Waals surface area contributed by atoms with Gasteiger partial charge in [0.2, 0.25) is 0 Å². The fourth-order valence-corrected chi connectivity index (χ4v) is 4.08. The maximum absolute atomic E-state index is 11.1. The van der Waals surface area contributed by atoms with Crippen LogP contribution in [-0.4, -0.2) is 49.4 Å². The van der Waals surface area contributed by atoms with E-state index >= 15 is 0 Å². The maximum Gasteiger partial charge on any atom is 0.164 e. The summed E-state index contributed by atoms with van der Waals surface area (Å²) in [5.74, 6) is 1.57. The van der Waals surface area contributed by atoms with Crippen LogP contribution in [0.25, 0.3) is 0 Å². The normalized spacial score (nSPS) is 33.9. The van der Waals surface area contributed by atoms with Gasteiger partial charge in [-0.3, -0.25) is 0 Å². The summed E-state index contributed by atoms with van der Waals surface area (Å²) in [6, 6.07) is 3.57. The van der Waals surface area contributed by atoms with E-state index in [9.17, 15) is 10.2 Å². The highest BCUT2D eigenvalue weighted by Crippen LogP contribution is 2.49. The van der Waals surface area contributed by atoms with Gasteiger partial charge in [0.25, 0.3) is 0 Å². The first-order valence-electron chi connectivity index (χ1n) is 8.84. The zero-order valence-corrected chi connectivity index (χ0v) is 16.0. The summed E-state index contributed by atoms with van der Waals surface area (Å²) >= 11 is 0. The Balaban J connectivity index is 2.01. The lowest BCUT2D eigenvalue weighted by molar-refractivity contribution is -0.206. The first kappa shape index (κ1) is 19.0. The van der Waals surface area contributed by atoms with Crippen LogP contribution < -0.4 is 14.2 Å². The van der Waals surface area contributed by atoms with Crippen molar-refractivity contribution < 1.29 is 29.2 Å². The van der Waals surface area contributed by atoms with E-state index in [1.54, 1.807) is 27.4 Å². The van der Waals surface area contributed by atoms with E-state index in [-0.39, 0.29) is 5.92 Å². The van der Waals surface area contributed by atoms with E-state index in [0.29, 0.717) is 30.1 Å². The summed E-state index contributed by atoms with van der Waals surface area (Å²) in [4.78, 5) is 0. The standard InChI is InChI=1S/C20H28O6/c1-11-6-7-13-19(18(11)21)26-17(10-20(13,2)22)12-8-15(24-4)16(25-5)9-14(12)23-3/h6,8-9,13,17-19,21-22H,7,10H2,1-5H3/t13-,17+,18?,19-,20+/m1/s1. The van der Waals surface area contributed by atoms with Crippen molar-refractivity contribution in [1.82, 2.24) is 0 Å². The molecule has 26 heavy (non-hydrogen) atoms.